The first-order valence-corrected chi connectivity index (χ1v) is 9.12. The highest BCUT2D eigenvalue weighted by Crippen LogP contribution is 2.29. The third kappa shape index (κ3) is 3.32. The summed E-state index contributed by atoms with van der Waals surface area (Å²) in [6.45, 7) is 1.93. The number of pyridine rings is 1. The number of furan rings is 1. The number of fused-ring (bicyclic) bond motifs is 1. The van der Waals surface area contributed by atoms with Gasteiger partial charge in [0.2, 0.25) is 0 Å². The molecule has 6 heteroatoms. The molecule has 4 rings (SSSR count). The minimum Gasteiger partial charge on any atom is -0.463 e. The van der Waals surface area contributed by atoms with Gasteiger partial charge in [0, 0.05) is 18.0 Å². The van der Waals surface area contributed by atoms with E-state index in [9.17, 15) is 4.79 Å². The van der Waals surface area contributed by atoms with E-state index in [1.807, 2.05) is 18.2 Å². The van der Waals surface area contributed by atoms with Crippen molar-refractivity contribution in [2.75, 3.05) is 20.1 Å². The number of likely N-dealkylation sites (tertiary alicyclic amines) is 1. The van der Waals surface area contributed by atoms with Crippen LogP contribution in [0.25, 0.3) is 22.4 Å². The second-order valence-electron chi connectivity index (χ2n) is 6.74. The lowest BCUT2D eigenvalue weighted by Gasteiger charge is -2.30. The van der Waals surface area contributed by atoms with Crippen LogP contribution in [0.5, 0.6) is 0 Å². The van der Waals surface area contributed by atoms with Gasteiger partial charge in [-0.15, -0.1) is 0 Å². The van der Waals surface area contributed by atoms with Gasteiger partial charge in [-0.05, 0) is 50.7 Å². The molecule has 26 heavy (non-hydrogen) atoms. The molecule has 1 N–H and O–H groups in total. The van der Waals surface area contributed by atoms with E-state index in [2.05, 4.69) is 22.2 Å². The third-order valence-electron chi connectivity index (χ3n) is 4.77. The van der Waals surface area contributed by atoms with Crippen LogP contribution >= 0.6 is 11.6 Å². The summed E-state index contributed by atoms with van der Waals surface area (Å²) in [5.41, 5.74) is 1.77. The molecule has 0 spiro atoms. The van der Waals surface area contributed by atoms with Crippen molar-refractivity contribution in [1.82, 2.24) is 15.2 Å². The van der Waals surface area contributed by atoms with Gasteiger partial charge in [0.1, 0.15) is 5.69 Å². The van der Waals surface area contributed by atoms with E-state index in [1.165, 1.54) is 0 Å². The van der Waals surface area contributed by atoms with Gasteiger partial charge < -0.3 is 14.6 Å². The molecule has 1 fully saturated rings. The van der Waals surface area contributed by atoms with E-state index in [4.69, 9.17) is 16.0 Å². The van der Waals surface area contributed by atoms with Crippen LogP contribution in [0.1, 0.15) is 23.2 Å². The Morgan fingerprint density at radius 2 is 2.23 bits per heavy atom. The second kappa shape index (κ2) is 7.09. The number of rotatable bonds is 3. The number of para-hydroxylation sites is 1. The number of nitrogens with one attached hydrogen (secondary N) is 1. The Kier molecular flexibility index (Phi) is 4.66. The highest BCUT2D eigenvalue weighted by Gasteiger charge is 2.22. The number of likely N-dealkylation sites (N-methyl/N-ethyl adjacent to an activating group) is 1. The van der Waals surface area contributed by atoms with Crippen LogP contribution in [0.2, 0.25) is 5.02 Å². The maximum Gasteiger partial charge on any atom is 0.252 e. The molecule has 1 unspecified atom stereocenters. The average molecular weight is 370 g/mol. The first kappa shape index (κ1) is 17.1. The van der Waals surface area contributed by atoms with E-state index in [-0.39, 0.29) is 11.9 Å². The number of benzene rings is 1. The zero-order chi connectivity index (χ0) is 18.1. The second-order valence-corrected chi connectivity index (χ2v) is 7.15. The smallest absolute Gasteiger partial charge is 0.252 e. The highest BCUT2D eigenvalue weighted by atomic mass is 35.5. The Labute approximate surface area is 157 Å². The van der Waals surface area contributed by atoms with E-state index in [1.54, 1.807) is 24.5 Å². The highest BCUT2D eigenvalue weighted by molar-refractivity contribution is 6.35. The van der Waals surface area contributed by atoms with Gasteiger partial charge in [-0.25, -0.2) is 4.98 Å². The number of carbonyl (C=O) groups excluding carboxylic acids is 1. The predicted molar refractivity (Wildman–Crippen MR) is 102 cm³/mol. The lowest BCUT2D eigenvalue weighted by Crippen LogP contribution is -2.46. The molecule has 3 heterocycles. The molecule has 1 atom stereocenters. The van der Waals surface area contributed by atoms with Gasteiger partial charge >= 0.3 is 0 Å². The Morgan fingerprint density at radius 1 is 1.35 bits per heavy atom. The van der Waals surface area contributed by atoms with Crippen LogP contribution in [-0.2, 0) is 0 Å². The summed E-state index contributed by atoms with van der Waals surface area (Å²) in [4.78, 5) is 19.9. The van der Waals surface area contributed by atoms with Crippen molar-refractivity contribution in [2.24, 2.45) is 0 Å². The fraction of sp³-hybridized carbons (Fsp3) is 0.300. The summed E-state index contributed by atoms with van der Waals surface area (Å²) < 4.78 is 5.46. The van der Waals surface area contributed by atoms with Gasteiger partial charge in [-0.1, -0.05) is 23.7 Å². The topological polar surface area (TPSA) is 58.4 Å². The molecule has 1 saturated heterocycles. The van der Waals surface area contributed by atoms with Crippen LogP contribution in [-0.4, -0.2) is 42.0 Å². The van der Waals surface area contributed by atoms with Gasteiger partial charge in [0.25, 0.3) is 5.91 Å². The van der Waals surface area contributed by atoms with Crippen molar-refractivity contribution < 1.29 is 9.21 Å². The van der Waals surface area contributed by atoms with E-state index in [0.717, 1.165) is 31.3 Å². The molecule has 2 aromatic heterocycles. The minimum absolute atomic E-state index is 0.104. The lowest BCUT2D eigenvalue weighted by molar-refractivity contribution is 0.0914. The zero-order valence-electron chi connectivity index (χ0n) is 14.5. The molecule has 0 aliphatic carbocycles. The Morgan fingerprint density at radius 3 is 3.00 bits per heavy atom. The molecule has 0 bridgehead atoms. The molecule has 5 nitrogen and oxygen atoms in total. The van der Waals surface area contributed by atoms with E-state index >= 15 is 0 Å². The van der Waals surface area contributed by atoms with Gasteiger partial charge in [0.05, 0.1) is 22.4 Å². The van der Waals surface area contributed by atoms with Crippen LogP contribution in [0, 0.1) is 0 Å². The summed E-state index contributed by atoms with van der Waals surface area (Å²) in [6.07, 6.45) is 3.67. The maximum absolute atomic E-state index is 13.0. The summed E-state index contributed by atoms with van der Waals surface area (Å²) in [6, 6.07) is 11.0. The average Bonchev–Trinajstić information content (AvgIpc) is 3.16. The van der Waals surface area contributed by atoms with Gasteiger partial charge in [0.15, 0.2) is 5.76 Å². The van der Waals surface area contributed by atoms with Crippen LogP contribution in [0.3, 0.4) is 0 Å². The Bertz CT molecular complexity index is 940. The fourth-order valence-corrected chi connectivity index (χ4v) is 3.72. The SMILES string of the molecule is CN1CCCC(NC(=O)c2cc(-c3ccco3)nc3c(Cl)cccc23)C1. The van der Waals surface area contributed by atoms with Crippen LogP contribution < -0.4 is 5.32 Å². The number of aromatic nitrogens is 1. The minimum atomic E-state index is -0.104. The monoisotopic (exact) mass is 369 g/mol. The number of amides is 1. The number of piperidine rings is 1. The molecule has 1 amide bonds. The molecule has 1 aliphatic heterocycles. The number of nitrogens with zero attached hydrogens (tertiary/aromatic N) is 2. The summed E-state index contributed by atoms with van der Waals surface area (Å²) in [5, 5.41) is 4.43. The molecule has 0 radical (unpaired) electrons. The Hall–Kier alpha value is -2.37. The summed E-state index contributed by atoms with van der Waals surface area (Å²) in [7, 11) is 2.08. The lowest BCUT2D eigenvalue weighted by atomic mass is 10.0. The summed E-state index contributed by atoms with van der Waals surface area (Å²) >= 11 is 6.35. The third-order valence-corrected chi connectivity index (χ3v) is 5.07. The standard InChI is InChI=1S/C20H20ClN3O2/c1-24-9-3-5-13(12-24)22-20(25)15-11-17(18-8-4-10-26-18)23-19-14(15)6-2-7-16(19)21/h2,4,6-8,10-11,13H,3,5,9,12H2,1H3,(H,22,25). The molecule has 134 valence electrons. The van der Waals surface area contributed by atoms with E-state index in [0.29, 0.717) is 27.6 Å². The number of hydrogen-bond donors (Lipinski definition) is 1. The summed E-state index contributed by atoms with van der Waals surface area (Å²) in [5.74, 6) is 0.506. The normalized spacial score (nSPS) is 18.2. The van der Waals surface area contributed by atoms with Crippen LogP contribution in [0.4, 0.5) is 0 Å². The van der Waals surface area contributed by atoms with Gasteiger partial charge in [-0.2, -0.15) is 0 Å². The van der Waals surface area contributed by atoms with Crippen molar-refractivity contribution in [3.05, 3.63) is 53.2 Å². The fourth-order valence-electron chi connectivity index (χ4n) is 3.50. The van der Waals surface area contributed by atoms with Crippen molar-refractivity contribution in [3.8, 4) is 11.5 Å². The molecule has 3 aromatic rings. The molecule has 1 aromatic carbocycles. The number of halogens is 1. The largest absolute Gasteiger partial charge is 0.463 e. The van der Waals surface area contributed by atoms with E-state index < -0.39 is 0 Å². The first-order chi connectivity index (χ1) is 12.6. The predicted octanol–water partition coefficient (Wildman–Crippen LogP) is 3.97. The molecular weight excluding hydrogens is 350 g/mol. The van der Waals surface area contributed by atoms with Crippen LogP contribution in [0.15, 0.2) is 47.1 Å². The van der Waals surface area contributed by atoms with Crippen molar-refractivity contribution in [3.63, 3.8) is 0 Å². The van der Waals surface area contributed by atoms with Crippen molar-refractivity contribution >= 4 is 28.4 Å². The quantitative estimate of drug-likeness (QED) is 0.758. The zero-order valence-corrected chi connectivity index (χ0v) is 15.3. The van der Waals surface area contributed by atoms with Crippen molar-refractivity contribution in [2.45, 2.75) is 18.9 Å². The number of carbonyl (C=O) groups is 1. The Balaban J connectivity index is 1.75. The maximum atomic E-state index is 13.0. The number of hydrogen-bond acceptors (Lipinski definition) is 4. The molecule has 0 saturated carbocycles. The van der Waals surface area contributed by atoms with Crippen molar-refractivity contribution in [1.29, 1.82) is 0 Å². The molecular formula is C20H20ClN3O2. The molecule has 1 aliphatic rings. The first-order valence-electron chi connectivity index (χ1n) is 8.74. The van der Waals surface area contributed by atoms with Gasteiger partial charge in [-0.3, -0.25) is 4.79 Å².